The van der Waals surface area contributed by atoms with Crippen LogP contribution in [0.15, 0.2) is 18.2 Å². The maximum atomic E-state index is 11.6. The average Bonchev–Trinajstić information content (AvgIpc) is 2.28. The van der Waals surface area contributed by atoms with Gasteiger partial charge in [0.1, 0.15) is 0 Å². The molecule has 0 spiro atoms. The first-order valence-corrected chi connectivity index (χ1v) is 5.69. The van der Waals surface area contributed by atoms with Crippen molar-refractivity contribution < 1.29 is 19.1 Å². The molecule has 0 saturated heterocycles. The number of nitrogens with two attached hydrogens (primary N) is 1. The van der Waals surface area contributed by atoms with E-state index >= 15 is 0 Å². The summed E-state index contributed by atoms with van der Waals surface area (Å²) < 4.78 is 9.59. The van der Waals surface area contributed by atoms with E-state index in [0.717, 1.165) is 0 Å². The van der Waals surface area contributed by atoms with Gasteiger partial charge in [-0.1, -0.05) is 11.6 Å². The third-order valence-electron chi connectivity index (χ3n) is 1.92. The molecule has 5 nitrogen and oxygen atoms in total. The summed E-state index contributed by atoms with van der Waals surface area (Å²) in [7, 11) is 0. The molecule has 0 aromatic heterocycles. The highest BCUT2D eigenvalue weighted by Gasteiger charge is 2.12. The second-order valence-corrected chi connectivity index (χ2v) is 4.26. The lowest BCUT2D eigenvalue weighted by molar-refractivity contribution is -0.150. The van der Waals surface area contributed by atoms with E-state index in [1.165, 1.54) is 18.2 Å². The first kappa shape index (κ1) is 14.3. The van der Waals surface area contributed by atoms with Crippen LogP contribution in [0.5, 0.6) is 0 Å². The van der Waals surface area contributed by atoms with Crippen molar-refractivity contribution in [2.75, 3.05) is 12.3 Å². The number of hydrogen-bond donors (Lipinski definition) is 1. The van der Waals surface area contributed by atoms with Crippen molar-refractivity contribution in [2.45, 2.75) is 20.0 Å². The van der Waals surface area contributed by atoms with Crippen LogP contribution < -0.4 is 5.73 Å². The van der Waals surface area contributed by atoms with E-state index in [1.807, 2.05) is 0 Å². The Morgan fingerprint density at radius 2 is 2.06 bits per heavy atom. The third kappa shape index (κ3) is 4.25. The summed E-state index contributed by atoms with van der Waals surface area (Å²) in [5, 5.41) is 0.353. The topological polar surface area (TPSA) is 78.6 Å². The summed E-state index contributed by atoms with van der Waals surface area (Å²) in [6.45, 7) is 2.98. The lowest BCUT2D eigenvalue weighted by Gasteiger charge is -2.08. The monoisotopic (exact) mass is 271 g/mol. The largest absolute Gasteiger partial charge is 0.460 e. The van der Waals surface area contributed by atoms with E-state index in [-0.39, 0.29) is 17.4 Å². The molecular weight excluding hydrogens is 258 g/mol. The van der Waals surface area contributed by atoms with Gasteiger partial charge in [0, 0.05) is 0 Å². The van der Waals surface area contributed by atoms with Gasteiger partial charge in [-0.05, 0) is 32.0 Å². The molecule has 1 rings (SSSR count). The molecule has 2 N–H and O–H groups in total. The molecule has 0 atom stereocenters. The first-order chi connectivity index (χ1) is 8.40. The molecule has 0 aliphatic rings. The van der Waals surface area contributed by atoms with Crippen molar-refractivity contribution in [1.82, 2.24) is 0 Å². The van der Waals surface area contributed by atoms with Gasteiger partial charge in [-0.15, -0.1) is 0 Å². The smallest absolute Gasteiger partial charge is 0.344 e. The van der Waals surface area contributed by atoms with Crippen LogP contribution in [0.2, 0.25) is 5.02 Å². The maximum Gasteiger partial charge on any atom is 0.344 e. The van der Waals surface area contributed by atoms with Crippen molar-refractivity contribution >= 4 is 29.2 Å². The molecule has 0 heterocycles. The van der Waals surface area contributed by atoms with Gasteiger partial charge in [0.2, 0.25) is 0 Å². The van der Waals surface area contributed by atoms with Gasteiger partial charge in [-0.3, -0.25) is 0 Å². The highest BCUT2D eigenvalue weighted by molar-refractivity contribution is 6.33. The van der Waals surface area contributed by atoms with E-state index in [4.69, 9.17) is 26.8 Å². The number of esters is 2. The zero-order valence-corrected chi connectivity index (χ0v) is 10.9. The fraction of sp³-hybridized carbons (Fsp3) is 0.333. The summed E-state index contributed by atoms with van der Waals surface area (Å²) >= 11 is 5.72. The fourth-order valence-corrected chi connectivity index (χ4v) is 1.29. The van der Waals surface area contributed by atoms with E-state index in [1.54, 1.807) is 13.8 Å². The molecular formula is C12H14ClNO4. The Hall–Kier alpha value is -1.75. The average molecular weight is 272 g/mol. The Balaban J connectivity index is 2.55. The zero-order chi connectivity index (χ0) is 13.7. The van der Waals surface area contributed by atoms with Gasteiger partial charge in [0.15, 0.2) is 6.61 Å². The summed E-state index contributed by atoms with van der Waals surface area (Å²) in [5.41, 5.74) is 6.05. The molecule has 6 heteroatoms. The molecule has 98 valence electrons. The van der Waals surface area contributed by atoms with E-state index in [0.29, 0.717) is 5.02 Å². The molecule has 0 radical (unpaired) electrons. The quantitative estimate of drug-likeness (QED) is 0.670. The van der Waals surface area contributed by atoms with Gasteiger partial charge in [0.05, 0.1) is 22.4 Å². The molecule has 0 saturated carbocycles. The Morgan fingerprint density at radius 1 is 1.39 bits per heavy atom. The van der Waals surface area contributed by atoms with Crippen molar-refractivity contribution in [3.8, 4) is 0 Å². The van der Waals surface area contributed by atoms with Crippen LogP contribution in [0, 0.1) is 0 Å². The zero-order valence-electron chi connectivity index (χ0n) is 10.1. The third-order valence-corrected chi connectivity index (χ3v) is 2.26. The number of hydrogen-bond acceptors (Lipinski definition) is 5. The minimum absolute atomic E-state index is 0.231. The number of benzene rings is 1. The van der Waals surface area contributed by atoms with Gasteiger partial charge < -0.3 is 15.2 Å². The Bertz CT molecular complexity index is 459. The molecule has 0 aliphatic carbocycles. The van der Waals surface area contributed by atoms with Crippen LogP contribution >= 0.6 is 11.6 Å². The summed E-state index contributed by atoms with van der Waals surface area (Å²) in [6.07, 6.45) is -0.248. The lowest BCUT2D eigenvalue weighted by atomic mass is 10.2. The molecule has 1 aromatic rings. The molecule has 0 unspecified atom stereocenters. The Morgan fingerprint density at radius 3 is 2.61 bits per heavy atom. The first-order valence-electron chi connectivity index (χ1n) is 5.31. The van der Waals surface area contributed by atoms with Crippen LogP contribution in [-0.4, -0.2) is 24.6 Å². The number of carbonyl (C=O) groups excluding carboxylic acids is 2. The Labute approximate surface area is 110 Å². The number of nitrogen functional groups attached to an aromatic ring is 1. The van der Waals surface area contributed by atoms with Crippen LogP contribution in [0.25, 0.3) is 0 Å². The molecule has 0 aliphatic heterocycles. The fourth-order valence-electron chi connectivity index (χ4n) is 1.18. The number of carbonyl (C=O) groups is 2. The Kier molecular flexibility index (Phi) is 4.97. The number of rotatable bonds is 4. The van der Waals surface area contributed by atoms with Crippen molar-refractivity contribution in [2.24, 2.45) is 0 Å². The summed E-state index contributed by atoms with van der Waals surface area (Å²) in [5.74, 6) is -1.25. The molecule has 18 heavy (non-hydrogen) atoms. The molecule has 0 bridgehead atoms. The van der Waals surface area contributed by atoms with Crippen molar-refractivity contribution in [1.29, 1.82) is 0 Å². The van der Waals surface area contributed by atoms with E-state index in [9.17, 15) is 9.59 Å². The van der Waals surface area contributed by atoms with Gasteiger partial charge in [-0.2, -0.15) is 0 Å². The number of ether oxygens (including phenoxy) is 2. The van der Waals surface area contributed by atoms with Crippen molar-refractivity contribution in [3.63, 3.8) is 0 Å². The van der Waals surface area contributed by atoms with Crippen LogP contribution in [0.4, 0.5) is 5.69 Å². The normalized spacial score (nSPS) is 10.2. The lowest BCUT2D eigenvalue weighted by Crippen LogP contribution is -2.19. The number of anilines is 1. The molecule has 0 amide bonds. The van der Waals surface area contributed by atoms with Crippen LogP contribution in [0.3, 0.4) is 0 Å². The second kappa shape index (κ2) is 6.26. The van der Waals surface area contributed by atoms with Crippen molar-refractivity contribution in [3.05, 3.63) is 28.8 Å². The van der Waals surface area contributed by atoms with Crippen LogP contribution in [-0.2, 0) is 14.3 Å². The minimum Gasteiger partial charge on any atom is -0.460 e. The highest BCUT2D eigenvalue weighted by atomic mass is 35.5. The van der Waals surface area contributed by atoms with E-state index < -0.39 is 18.5 Å². The van der Waals surface area contributed by atoms with E-state index in [2.05, 4.69) is 0 Å². The molecule has 1 aromatic carbocycles. The summed E-state index contributed by atoms with van der Waals surface area (Å²) in [4.78, 5) is 22.7. The minimum atomic E-state index is -0.654. The van der Waals surface area contributed by atoms with Gasteiger partial charge >= 0.3 is 11.9 Å². The predicted molar refractivity (Wildman–Crippen MR) is 67.4 cm³/mol. The SMILES string of the molecule is CC(C)OC(=O)COC(=O)c1ccc(Cl)c(N)c1. The second-order valence-electron chi connectivity index (χ2n) is 3.85. The van der Waals surface area contributed by atoms with Gasteiger partial charge in [-0.25, -0.2) is 9.59 Å². The highest BCUT2D eigenvalue weighted by Crippen LogP contribution is 2.19. The van der Waals surface area contributed by atoms with Gasteiger partial charge in [0.25, 0.3) is 0 Å². The predicted octanol–water partition coefficient (Wildman–Crippen LogP) is 2.03. The number of halogens is 1. The molecule has 0 fully saturated rings. The standard InChI is InChI=1S/C12H14ClNO4/c1-7(2)18-11(15)6-17-12(16)8-3-4-9(13)10(14)5-8/h3-5,7H,6,14H2,1-2H3. The van der Waals surface area contributed by atoms with Crippen LogP contribution in [0.1, 0.15) is 24.2 Å². The maximum absolute atomic E-state index is 11.6. The summed E-state index contributed by atoms with van der Waals surface area (Å²) in [6, 6.07) is 4.34.